The Hall–Kier alpha value is -1.16. The second-order valence-electron chi connectivity index (χ2n) is 4.74. The van der Waals surface area contributed by atoms with E-state index in [2.05, 4.69) is 9.97 Å². The lowest BCUT2D eigenvalue weighted by Crippen LogP contribution is -2.12. The molecule has 1 aromatic heterocycles. The minimum Gasteiger partial charge on any atom is -0.481 e. The molecule has 1 aliphatic carbocycles. The zero-order chi connectivity index (χ0) is 12.1. The van der Waals surface area contributed by atoms with Crippen LogP contribution in [0.25, 0.3) is 0 Å². The molecule has 0 radical (unpaired) electrons. The minimum absolute atomic E-state index is 0.491. The molecular formula is C13H20N2O2. The third-order valence-corrected chi connectivity index (χ3v) is 3.50. The quantitative estimate of drug-likeness (QED) is 0.872. The van der Waals surface area contributed by atoms with Crippen LogP contribution in [0.2, 0.25) is 0 Å². The Morgan fingerprint density at radius 2 is 2.12 bits per heavy atom. The first-order valence-electron chi connectivity index (χ1n) is 6.33. The number of aliphatic hydroxyl groups excluding tert-OH is 1. The number of hydrogen-bond acceptors (Lipinski definition) is 4. The summed E-state index contributed by atoms with van der Waals surface area (Å²) in [6.45, 7) is 0. The van der Waals surface area contributed by atoms with E-state index < -0.39 is 6.10 Å². The van der Waals surface area contributed by atoms with Crippen molar-refractivity contribution in [2.45, 2.75) is 44.6 Å². The average Bonchev–Trinajstić information content (AvgIpc) is 2.40. The fourth-order valence-corrected chi connectivity index (χ4v) is 2.51. The summed E-state index contributed by atoms with van der Waals surface area (Å²) in [6, 6.07) is 1.72. The Morgan fingerprint density at radius 3 is 2.82 bits per heavy atom. The van der Waals surface area contributed by atoms with Crippen molar-refractivity contribution >= 4 is 0 Å². The second-order valence-corrected chi connectivity index (χ2v) is 4.74. The van der Waals surface area contributed by atoms with Gasteiger partial charge in [0, 0.05) is 6.07 Å². The molecular weight excluding hydrogens is 216 g/mol. The zero-order valence-electron chi connectivity index (χ0n) is 10.3. The maximum Gasteiger partial charge on any atom is 0.216 e. The molecule has 1 N–H and O–H groups in total. The molecule has 1 heterocycles. The van der Waals surface area contributed by atoms with E-state index in [0.717, 1.165) is 6.42 Å². The van der Waals surface area contributed by atoms with Crippen LogP contribution in [0.3, 0.4) is 0 Å². The highest BCUT2D eigenvalue weighted by atomic mass is 16.5. The van der Waals surface area contributed by atoms with Gasteiger partial charge in [0.05, 0.1) is 18.9 Å². The Bertz CT molecular complexity index is 351. The van der Waals surface area contributed by atoms with Crippen molar-refractivity contribution in [2.24, 2.45) is 5.92 Å². The van der Waals surface area contributed by atoms with Crippen LogP contribution in [0.5, 0.6) is 5.88 Å². The SMILES string of the molecule is COc1cc(C(O)CC2CCCCC2)ncn1. The Balaban J connectivity index is 1.95. The normalized spacial score (nSPS) is 18.9. The van der Waals surface area contributed by atoms with Gasteiger partial charge >= 0.3 is 0 Å². The summed E-state index contributed by atoms with van der Waals surface area (Å²) in [5.41, 5.74) is 0.669. The highest BCUT2D eigenvalue weighted by molar-refractivity contribution is 5.15. The Labute approximate surface area is 102 Å². The molecule has 4 heteroatoms. The summed E-state index contributed by atoms with van der Waals surface area (Å²) in [7, 11) is 1.57. The number of aliphatic hydroxyl groups is 1. The lowest BCUT2D eigenvalue weighted by Gasteiger charge is -2.23. The first kappa shape index (κ1) is 12.3. The molecule has 1 fully saturated rings. The molecule has 0 aromatic carbocycles. The van der Waals surface area contributed by atoms with E-state index >= 15 is 0 Å². The largest absolute Gasteiger partial charge is 0.481 e. The molecule has 0 amide bonds. The van der Waals surface area contributed by atoms with Crippen molar-refractivity contribution < 1.29 is 9.84 Å². The standard InChI is InChI=1S/C13H20N2O2/c1-17-13-8-11(14-9-15-13)12(16)7-10-5-3-2-4-6-10/h8-10,12,16H,2-7H2,1H3. The summed E-state index contributed by atoms with van der Waals surface area (Å²) < 4.78 is 5.03. The Kier molecular flexibility index (Phi) is 4.31. The lowest BCUT2D eigenvalue weighted by atomic mass is 9.85. The van der Waals surface area contributed by atoms with E-state index in [1.807, 2.05) is 0 Å². The number of methoxy groups -OCH3 is 1. The van der Waals surface area contributed by atoms with Gasteiger partial charge in [-0.3, -0.25) is 0 Å². The van der Waals surface area contributed by atoms with Gasteiger partial charge in [-0.1, -0.05) is 32.1 Å². The second kappa shape index (κ2) is 5.96. The van der Waals surface area contributed by atoms with Crippen LogP contribution < -0.4 is 4.74 Å². The molecule has 17 heavy (non-hydrogen) atoms. The zero-order valence-corrected chi connectivity index (χ0v) is 10.3. The minimum atomic E-state index is -0.491. The molecule has 1 aromatic rings. The summed E-state index contributed by atoms with van der Waals surface area (Å²) in [5, 5.41) is 10.1. The van der Waals surface area contributed by atoms with Crippen LogP contribution in [-0.4, -0.2) is 22.2 Å². The maximum atomic E-state index is 10.1. The molecule has 0 spiro atoms. The van der Waals surface area contributed by atoms with Crippen LogP contribution in [0.15, 0.2) is 12.4 Å². The van der Waals surface area contributed by atoms with E-state index in [-0.39, 0.29) is 0 Å². The molecule has 1 saturated carbocycles. The summed E-state index contributed by atoms with van der Waals surface area (Å²) in [6.07, 6.45) is 8.16. The number of nitrogens with zero attached hydrogens (tertiary/aromatic N) is 2. The predicted octanol–water partition coefficient (Wildman–Crippen LogP) is 2.49. The van der Waals surface area contributed by atoms with Crippen molar-refractivity contribution in [3.8, 4) is 5.88 Å². The van der Waals surface area contributed by atoms with Crippen LogP contribution in [-0.2, 0) is 0 Å². The van der Waals surface area contributed by atoms with E-state index in [4.69, 9.17) is 4.74 Å². The summed E-state index contributed by atoms with van der Waals surface area (Å²) in [5.74, 6) is 1.15. The highest BCUT2D eigenvalue weighted by Crippen LogP contribution is 2.31. The monoisotopic (exact) mass is 236 g/mol. The number of ether oxygens (including phenoxy) is 1. The van der Waals surface area contributed by atoms with E-state index in [0.29, 0.717) is 17.5 Å². The fraction of sp³-hybridized carbons (Fsp3) is 0.692. The molecule has 1 aliphatic rings. The molecule has 1 unspecified atom stereocenters. The number of hydrogen-bond donors (Lipinski definition) is 1. The van der Waals surface area contributed by atoms with Crippen LogP contribution in [0, 0.1) is 5.92 Å². The lowest BCUT2D eigenvalue weighted by molar-refractivity contribution is 0.127. The van der Waals surface area contributed by atoms with Crippen LogP contribution >= 0.6 is 0 Å². The first-order valence-corrected chi connectivity index (χ1v) is 6.33. The van der Waals surface area contributed by atoms with Crippen molar-refractivity contribution in [3.63, 3.8) is 0 Å². The fourth-order valence-electron chi connectivity index (χ4n) is 2.51. The summed E-state index contributed by atoms with van der Waals surface area (Å²) >= 11 is 0. The van der Waals surface area contributed by atoms with Gasteiger partial charge in [-0.2, -0.15) is 0 Å². The van der Waals surface area contributed by atoms with Gasteiger partial charge in [0.15, 0.2) is 0 Å². The summed E-state index contributed by atoms with van der Waals surface area (Å²) in [4.78, 5) is 8.05. The molecule has 0 aliphatic heterocycles. The Morgan fingerprint density at radius 1 is 1.35 bits per heavy atom. The van der Waals surface area contributed by atoms with E-state index in [9.17, 15) is 5.11 Å². The van der Waals surface area contributed by atoms with E-state index in [1.54, 1.807) is 13.2 Å². The van der Waals surface area contributed by atoms with Crippen molar-refractivity contribution in [1.29, 1.82) is 0 Å². The van der Waals surface area contributed by atoms with Crippen LogP contribution in [0.1, 0.15) is 50.3 Å². The topological polar surface area (TPSA) is 55.2 Å². The van der Waals surface area contributed by atoms with Gasteiger partial charge in [0.1, 0.15) is 6.33 Å². The molecule has 0 bridgehead atoms. The van der Waals surface area contributed by atoms with Gasteiger partial charge in [-0.05, 0) is 12.3 Å². The van der Waals surface area contributed by atoms with Crippen LogP contribution in [0.4, 0.5) is 0 Å². The van der Waals surface area contributed by atoms with Gasteiger partial charge < -0.3 is 9.84 Å². The molecule has 1 atom stereocenters. The van der Waals surface area contributed by atoms with Gasteiger partial charge in [-0.15, -0.1) is 0 Å². The average molecular weight is 236 g/mol. The highest BCUT2D eigenvalue weighted by Gasteiger charge is 2.19. The van der Waals surface area contributed by atoms with Gasteiger partial charge in [0.25, 0.3) is 0 Å². The van der Waals surface area contributed by atoms with Crippen molar-refractivity contribution in [1.82, 2.24) is 9.97 Å². The van der Waals surface area contributed by atoms with Crippen molar-refractivity contribution in [2.75, 3.05) is 7.11 Å². The number of rotatable bonds is 4. The molecule has 0 saturated heterocycles. The third-order valence-electron chi connectivity index (χ3n) is 3.50. The smallest absolute Gasteiger partial charge is 0.216 e. The predicted molar refractivity (Wildman–Crippen MR) is 64.7 cm³/mol. The molecule has 2 rings (SSSR count). The first-order chi connectivity index (χ1) is 8.29. The molecule has 4 nitrogen and oxygen atoms in total. The third kappa shape index (κ3) is 3.40. The van der Waals surface area contributed by atoms with Crippen molar-refractivity contribution in [3.05, 3.63) is 18.1 Å². The number of aromatic nitrogens is 2. The molecule has 94 valence electrons. The maximum absolute atomic E-state index is 10.1. The van der Waals surface area contributed by atoms with Gasteiger partial charge in [0.2, 0.25) is 5.88 Å². The van der Waals surface area contributed by atoms with E-state index in [1.165, 1.54) is 38.4 Å². The van der Waals surface area contributed by atoms with Gasteiger partial charge in [-0.25, -0.2) is 9.97 Å².